The number of esters is 2. The Labute approximate surface area is 169 Å². The molecular weight excluding hydrogens is 378 g/mol. The van der Waals surface area contributed by atoms with Gasteiger partial charge in [0, 0.05) is 16.3 Å². The maximum Gasteiger partial charge on any atom is 0.337 e. The third kappa shape index (κ3) is 7.92. The first-order chi connectivity index (χ1) is 13.6. The molecule has 150 valence electrons. The molecule has 0 saturated carbocycles. The van der Waals surface area contributed by atoms with E-state index in [0.29, 0.717) is 36.7 Å². The third-order valence-electron chi connectivity index (χ3n) is 3.80. The average molecular weight is 404 g/mol. The standard InChI is InChI=1S/C21H25NO5S/c1-25-21(24)16-4-8-18(9-5-16)26-13-2-3-14-27-20(23)12-15-28-19-10-6-17(22)7-11-19/h4-11H,2-3,12-15,22H2,1H3. The highest BCUT2D eigenvalue weighted by atomic mass is 32.2. The molecule has 0 aromatic heterocycles. The van der Waals surface area contributed by atoms with Gasteiger partial charge in [-0.25, -0.2) is 4.79 Å². The average Bonchev–Trinajstić information content (AvgIpc) is 2.72. The van der Waals surface area contributed by atoms with Crippen LogP contribution >= 0.6 is 11.8 Å². The second-order valence-electron chi connectivity index (χ2n) is 5.96. The molecule has 0 fully saturated rings. The minimum Gasteiger partial charge on any atom is -0.494 e. The van der Waals surface area contributed by atoms with E-state index in [4.69, 9.17) is 15.2 Å². The summed E-state index contributed by atoms with van der Waals surface area (Å²) in [6, 6.07) is 14.3. The van der Waals surface area contributed by atoms with Crippen LogP contribution in [0.15, 0.2) is 53.4 Å². The van der Waals surface area contributed by atoms with E-state index in [9.17, 15) is 9.59 Å². The minimum atomic E-state index is -0.375. The van der Waals surface area contributed by atoms with Crippen molar-refractivity contribution in [2.45, 2.75) is 24.2 Å². The molecule has 2 aromatic carbocycles. The van der Waals surface area contributed by atoms with Crippen LogP contribution in [-0.2, 0) is 14.3 Å². The number of carbonyl (C=O) groups is 2. The Morgan fingerprint density at radius 2 is 1.64 bits per heavy atom. The van der Waals surface area contributed by atoms with Gasteiger partial charge >= 0.3 is 11.9 Å². The lowest BCUT2D eigenvalue weighted by Gasteiger charge is -2.08. The van der Waals surface area contributed by atoms with Gasteiger partial charge in [0.15, 0.2) is 0 Å². The number of nitrogens with two attached hydrogens (primary N) is 1. The molecule has 0 atom stereocenters. The van der Waals surface area contributed by atoms with Gasteiger partial charge in [0.05, 0.1) is 32.3 Å². The van der Waals surface area contributed by atoms with Gasteiger partial charge in [0.25, 0.3) is 0 Å². The van der Waals surface area contributed by atoms with E-state index in [1.807, 2.05) is 24.3 Å². The predicted octanol–water partition coefficient (Wildman–Crippen LogP) is 3.94. The molecule has 28 heavy (non-hydrogen) atoms. The van der Waals surface area contributed by atoms with Crippen LogP contribution in [0.4, 0.5) is 5.69 Å². The van der Waals surface area contributed by atoms with Gasteiger partial charge < -0.3 is 19.9 Å². The monoisotopic (exact) mass is 403 g/mol. The van der Waals surface area contributed by atoms with Crippen molar-refractivity contribution < 1.29 is 23.8 Å². The molecule has 0 spiro atoms. The molecule has 0 bridgehead atoms. The van der Waals surface area contributed by atoms with Gasteiger partial charge in [-0.2, -0.15) is 0 Å². The van der Waals surface area contributed by atoms with E-state index < -0.39 is 0 Å². The largest absolute Gasteiger partial charge is 0.494 e. The number of anilines is 1. The molecule has 6 nitrogen and oxygen atoms in total. The number of methoxy groups -OCH3 is 1. The smallest absolute Gasteiger partial charge is 0.337 e. The number of hydrogen-bond donors (Lipinski definition) is 1. The molecule has 0 saturated heterocycles. The van der Waals surface area contributed by atoms with Crippen LogP contribution in [0, 0.1) is 0 Å². The van der Waals surface area contributed by atoms with Crippen LogP contribution in [0.3, 0.4) is 0 Å². The summed E-state index contributed by atoms with van der Waals surface area (Å²) in [5.74, 6) is 0.791. The van der Waals surface area contributed by atoms with E-state index in [2.05, 4.69) is 4.74 Å². The summed E-state index contributed by atoms with van der Waals surface area (Å²) >= 11 is 1.60. The SMILES string of the molecule is COC(=O)c1ccc(OCCCCOC(=O)CCSc2ccc(N)cc2)cc1. The number of carbonyl (C=O) groups excluding carboxylic acids is 2. The summed E-state index contributed by atoms with van der Waals surface area (Å²) in [5.41, 5.74) is 6.85. The van der Waals surface area contributed by atoms with Crippen molar-refractivity contribution in [3.63, 3.8) is 0 Å². The summed E-state index contributed by atoms with van der Waals surface area (Å²) in [4.78, 5) is 24.2. The number of hydrogen-bond acceptors (Lipinski definition) is 7. The molecule has 0 amide bonds. The summed E-state index contributed by atoms with van der Waals surface area (Å²) < 4.78 is 15.5. The predicted molar refractivity (Wildman–Crippen MR) is 110 cm³/mol. The second-order valence-corrected chi connectivity index (χ2v) is 7.13. The van der Waals surface area contributed by atoms with Crippen LogP contribution in [-0.4, -0.2) is 38.0 Å². The lowest BCUT2D eigenvalue weighted by atomic mass is 10.2. The number of unbranched alkanes of at least 4 members (excludes halogenated alkanes) is 1. The Balaban J connectivity index is 1.51. The fourth-order valence-electron chi connectivity index (χ4n) is 2.27. The topological polar surface area (TPSA) is 87.9 Å². The first-order valence-electron chi connectivity index (χ1n) is 9.03. The maximum atomic E-state index is 11.7. The molecule has 2 rings (SSSR count). The van der Waals surface area contributed by atoms with Crippen LogP contribution in [0.25, 0.3) is 0 Å². The van der Waals surface area contributed by atoms with Gasteiger partial charge in [0.2, 0.25) is 0 Å². The maximum absolute atomic E-state index is 11.7. The zero-order valence-corrected chi connectivity index (χ0v) is 16.7. The minimum absolute atomic E-state index is 0.192. The number of benzene rings is 2. The highest BCUT2D eigenvalue weighted by Crippen LogP contribution is 2.20. The van der Waals surface area contributed by atoms with Crippen molar-refractivity contribution in [2.75, 3.05) is 31.8 Å². The molecule has 0 aliphatic carbocycles. The molecule has 7 heteroatoms. The van der Waals surface area contributed by atoms with Gasteiger partial charge in [-0.3, -0.25) is 4.79 Å². The molecular formula is C21H25NO5S. The van der Waals surface area contributed by atoms with E-state index in [0.717, 1.165) is 23.4 Å². The molecule has 0 unspecified atom stereocenters. The lowest BCUT2D eigenvalue weighted by molar-refractivity contribution is -0.143. The number of rotatable bonds is 11. The van der Waals surface area contributed by atoms with Gasteiger partial charge in [-0.1, -0.05) is 0 Å². The van der Waals surface area contributed by atoms with Crippen molar-refractivity contribution in [1.29, 1.82) is 0 Å². The molecule has 0 aliphatic heterocycles. The number of thioether (sulfide) groups is 1. The van der Waals surface area contributed by atoms with Crippen LogP contribution in [0.2, 0.25) is 0 Å². The second kappa shape index (κ2) is 11.9. The summed E-state index contributed by atoms with van der Waals surface area (Å²) in [7, 11) is 1.35. The van der Waals surface area contributed by atoms with Gasteiger partial charge in [-0.15, -0.1) is 11.8 Å². The van der Waals surface area contributed by atoms with Crippen molar-refractivity contribution in [3.8, 4) is 5.75 Å². The first-order valence-corrected chi connectivity index (χ1v) is 10.0. The molecule has 0 radical (unpaired) electrons. The lowest BCUT2D eigenvalue weighted by Crippen LogP contribution is -2.08. The van der Waals surface area contributed by atoms with E-state index >= 15 is 0 Å². The van der Waals surface area contributed by atoms with Crippen molar-refractivity contribution in [1.82, 2.24) is 0 Å². The number of ether oxygens (including phenoxy) is 3. The molecule has 2 N–H and O–H groups in total. The highest BCUT2D eigenvalue weighted by molar-refractivity contribution is 7.99. The van der Waals surface area contributed by atoms with E-state index in [-0.39, 0.29) is 11.9 Å². The summed E-state index contributed by atoms with van der Waals surface area (Å²) in [5, 5.41) is 0. The molecule has 0 aliphatic rings. The van der Waals surface area contributed by atoms with Gasteiger partial charge in [-0.05, 0) is 61.4 Å². The molecule has 2 aromatic rings. The Bertz CT molecular complexity index is 746. The summed E-state index contributed by atoms with van der Waals surface area (Å²) in [6.07, 6.45) is 1.88. The van der Waals surface area contributed by atoms with E-state index in [1.165, 1.54) is 7.11 Å². The molecule has 0 heterocycles. The summed E-state index contributed by atoms with van der Waals surface area (Å²) in [6.45, 7) is 0.901. The zero-order chi connectivity index (χ0) is 20.2. The Hall–Kier alpha value is -2.67. The Morgan fingerprint density at radius 1 is 0.964 bits per heavy atom. The van der Waals surface area contributed by atoms with Crippen molar-refractivity contribution >= 4 is 29.4 Å². The first kappa shape index (κ1) is 21.6. The van der Waals surface area contributed by atoms with Crippen molar-refractivity contribution in [3.05, 3.63) is 54.1 Å². The fourth-order valence-corrected chi connectivity index (χ4v) is 3.11. The van der Waals surface area contributed by atoms with Crippen LogP contribution in [0.5, 0.6) is 5.75 Å². The fraction of sp³-hybridized carbons (Fsp3) is 0.333. The van der Waals surface area contributed by atoms with Crippen LogP contribution in [0.1, 0.15) is 29.6 Å². The zero-order valence-electron chi connectivity index (χ0n) is 15.9. The van der Waals surface area contributed by atoms with Gasteiger partial charge in [0.1, 0.15) is 5.75 Å². The number of nitrogen functional groups attached to an aromatic ring is 1. The quantitative estimate of drug-likeness (QED) is 0.263. The Morgan fingerprint density at radius 3 is 2.32 bits per heavy atom. The van der Waals surface area contributed by atoms with E-state index in [1.54, 1.807) is 36.0 Å². The highest BCUT2D eigenvalue weighted by Gasteiger charge is 2.05. The normalized spacial score (nSPS) is 10.3. The van der Waals surface area contributed by atoms with Crippen molar-refractivity contribution in [2.24, 2.45) is 0 Å². The third-order valence-corrected chi connectivity index (χ3v) is 4.81. The van der Waals surface area contributed by atoms with Crippen LogP contribution < -0.4 is 10.5 Å². The Kier molecular flexibility index (Phi) is 9.21.